The summed E-state index contributed by atoms with van der Waals surface area (Å²) in [6.45, 7) is 2.08. The summed E-state index contributed by atoms with van der Waals surface area (Å²) in [7, 11) is 0. The second kappa shape index (κ2) is 4.43. The van der Waals surface area contributed by atoms with Crippen LogP contribution in [0.1, 0.15) is 5.56 Å². The normalized spacial score (nSPS) is 12.3. The fourth-order valence-corrected chi connectivity index (χ4v) is 3.54. The van der Waals surface area contributed by atoms with E-state index in [0.29, 0.717) is 10.8 Å². The molecule has 0 bridgehead atoms. The van der Waals surface area contributed by atoms with Gasteiger partial charge in [-0.1, -0.05) is 35.9 Å². The van der Waals surface area contributed by atoms with Crippen molar-refractivity contribution in [3.63, 3.8) is 0 Å². The van der Waals surface area contributed by atoms with E-state index in [4.69, 9.17) is 16.3 Å². The topological polar surface area (TPSA) is 35.0 Å². The third-order valence-corrected chi connectivity index (χ3v) is 4.60. The number of benzene rings is 3. The van der Waals surface area contributed by atoms with Gasteiger partial charge < -0.3 is 4.74 Å². The van der Waals surface area contributed by atoms with Crippen LogP contribution in [-0.2, 0) is 0 Å². The number of halogens is 1. The van der Waals surface area contributed by atoms with E-state index in [0.717, 1.165) is 33.5 Å². The van der Waals surface area contributed by atoms with Gasteiger partial charge >= 0.3 is 0 Å². The molecule has 2 heterocycles. The summed E-state index contributed by atoms with van der Waals surface area (Å²) in [5.41, 5.74) is 3.81. The molecule has 1 aromatic heterocycles. The zero-order chi connectivity index (χ0) is 15.6. The summed E-state index contributed by atoms with van der Waals surface area (Å²) < 4.78 is 6.20. The number of hydrogen-bond acceptors (Lipinski definition) is 3. The maximum atomic E-state index is 6.20. The molecular weight excluding hydrogens is 308 g/mol. The highest BCUT2D eigenvalue weighted by Crippen LogP contribution is 2.48. The lowest BCUT2D eigenvalue weighted by Gasteiger charge is -2.22. The van der Waals surface area contributed by atoms with Crippen molar-refractivity contribution >= 4 is 33.3 Å². The number of hydrogen-bond donors (Lipinski definition) is 0. The molecule has 0 amide bonds. The van der Waals surface area contributed by atoms with Crippen molar-refractivity contribution in [2.24, 2.45) is 0 Å². The fourth-order valence-electron chi connectivity index (χ4n) is 3.33. The van der Waals surface area contributed by atoms with E-state index in [1.54, 1.807) is 6.33 Å². The minimum absolute atomic E-state index is 0.610. The van der Waals surface area contributed by atoms with E-state index in [2.05, 4.69) is 35.1 Å². The molecule has 0 saturated carbocycles. The molecule has 0 radical (unpaired) electrons. The minimum Gasteiger partial charge on any atom is -0.456 e. The van der Waals surface area contributed by atoms with Gasteiger partial charge in [-0.3, -0.25) is 0 Å². The smallest absolute Gasteiger partial charge is 0.140 e. The van der Waals surface area contributed by atoms with Gasteiger partial charge in [0.25, 0.3) is 0 Å². The van der Waals surface area contributed by atoms with Gasteiger partial charge in [-0.2, -0.15) is 0 Å². The van der Waals surface area contributed by atoms with Crippen molar-refractivity contribution in [1.29, 1.82) is 0 Å². The average Bonchev–Trinajstić information content (AvgIpc) is 2.56. The maximum absolute atomic E-state index is 6.20. The Morgan fingerprint density at radius 1 is 1.04 bits per heavy atom. The van der Waals surface area contributed by atoms with Gasteiger partial charge in [-0.05, 0) is 29.8 Å². The molecule has 1 aliphatic rings. The van der Waals surface area contributed by atoms with Gasteiger partial charge in [-0.15, -0.1) is 0 Å². The predicted octanol–water partition coefficient (Wildman–Crippen LogP) is 5.52. The molecule has 5 rings (SSSR count). The van der Waals surface area contributed by atoms with E-state index in [1.807, 2.05) is 24.3 Å². The van der Waals surface area contributed by atoms with Crippen LogP contribution in [0.15, 0.2) is 48.8 Å². The van der Waals surface area contributed by atoms with Crippen LogP contribution in [0.25, 0.3) is 32.9 Å². The summed E-state index contributed by atoms with van der Waals surface area (Å²) >= 11 is 6.20. The molecule has 3 nitrogen and oxygen atoms in total. The highest BCUT2D eigenvalue weighted by atomic mass is 35.5. The first kappa shape index (κ1) is 12.9. The van der Waals surface area contributed by atoms with Gasteiger partial charge in [0, 0.05) is 22.2 Å². The first-order valence-corrected chi connectivity index (χ1v) is 7.75. The second-order valence-corrected chi connectivity index (χ2v) is 6.16. The molecular formula is C19H11ClN2O. The van der Waals surface area contributed by atoms with Crippen LogP contribution in [-0.4, -0.2) is 9.97 Å². The van der Waals surface area contributed by atoms with E-state index < -0.39 is 0 Å². The Hall–Kier alpha value is -2.65. The van der Waals surface area contributed by atoms with Crippen LogP contribution < -0.4 is 4.74 Å². The lowest BCUT2D eigenvalue weighted by molar-refractivity contribution is 0.483. The predicted molar refractivity (Wildman–Crippen MR) is 92.3 cm³/mol. The molecule has 0 atom stereocenters. The molecule has 23 heavy (non-hydrogen) atoms. The van der Waals surface area contributed by atoms with Crippen molar-refractivity contribution in [2.45, 2.75) is 6.92 Å². The van der Waals surface area contributed by atoms with Crippen LogP contribution in [0.2, 0.25) is 5.02 Å². The number of rotatable bonds is 0. The van der Waals surface area contributed by atoms with Gasteiger partial charge in [0.15, 0.2) is 0 Å². The second-order valence-electron chi connectivity index (χ2n) is 5.72. The summed E-state index contributed by atoms with van der Waals surface area (Å²) in [5.74, 6) is 1.56. The number of fused-ring (bicyclic) bond motifs is 3. The monoisotopic (exact) mass is 318 g/mol. The SMILES string of the molecule is Cc1c2c(cc3ccccc13)-c1ncnc3cc(Cl)cc(c13)O2. The Morgan fingerprint density at radius 3 is 2.83 bits per heavy atom. The van der Waals surface area contributed by atoms with Crippen molar-refractivity contribution in [3.05, 3.63) is 59.4 Å². The molecule has 0 saturated heterocycles. The van der Waals surface area contributed by atoms with Crippen molar-refractivity contribution in [3.8, 4) is 22.8 Å². The third kappa shape index (κ3) is 1.71. The Labute approximate surface area is 137 Å². The molecule has 0 fully saturated rings. The molecule has 110 valence electrons. The molecule has 3 aromatic carbocycles. The zero-order valence-corrected chi connectivity index (χ0v) is 13.1. The molecule has 4 heteroatoms. The highest BCUT2D eigenvalue weighted by molar-refractivity contribution is 6.31. The molecule has 1 aliphatic heterocycles. The van der Waals surface area contributed by atoms with Crippen LogP contribution >= 0.6 is 11.6 Å². The fraction of sp³-hybridized carbons (Fsp3) is 0.0526. The van der Waals surface area contributed by atoms with E-state index in [-0.39, 0.29) is 0 Å². The molecule has 4 aromatic rings. The first-order valence-electron chi connectivity index (χ1n) is 7.37. The van der Waals surface area contributed by atoms with Gasteiger partial charge in [0.05, 0.1) is 16.6 Å². The van der Waals surface area contributed by atoms with Gasteiger partial charge in [0.2, 0.25) is 0 Å². The van der Waals surface area contributed by atoms with Crippen molar-refractivity contribution in [2.75, 3.05) is 0 Å². The third-order valence-electron chi connectivity index (χ3n) is 4.38. The summed E-state index contributed by atoms with van der Waals surface area (Å²) in [5, 5.41) is 3.89. The lowest BCUT2D eigenvalue weighted by atomic mass is 9.95. The van der Waals surface area contributed by atoms with E-state index in [9.17, 15) is 0 Å². The van der Waals surface area contributed by atoms with Crippen LogP contribution in [0.4, 0.5) is 0 Å². The van der Waals surface area contributed by atoms with E-state index in [1.165, 1.54) is 10.8 Å². The van der Waals surface area contributed by atoms with Gasteiger partial charge in [0.1, 0.15) is 17.8 Å². The Bertz CT molecular complexity index is 1120. The Morgan fingerprint density at radius 2 is 1.91 bits per heavy atom. The van der Waals surface area contributed by atoms with Crippen LogP contribution in [0.5, 0.6) is 11.5 Å². The molecule has 0 unspecified atom stereocenters. The number of ether oxygens (including phenoxy) is 1. The van der Waals surface area contributed by atoms with Crippen molar-refractivity contribution < 1.29 is 4.74 Å². The molecule has 0 spiro atoms. The van der Waals surface area contributed by atoms with Gasteiger partial charge in [-0.25, -0.2) is 9.97 Å². The quantitative estimate of drug-likeness (QED) is 0.377. The number of nitrogens with zero attached hydrogens (tertiary/aromatic N) is 2. The van der Waals surface area contributed by atoms with Crippen molar-refractivity contribution in [1.82, 2.24) is 9.97 Å². The Kier molecular flexibility index (Phi) is 2.48. The van der Waals surface area contributed by atoms with E-state index >= 15 is 0 Å². The largest absolute Gasteiger partial charge is 0.456 e. The first-order chi connectivity index (χ1) is 11.2. The number of aromatic nitrogens is 2. The standard InChI is InChI=1S/C19H11ClN2O/c1-10-13-5-3-2-4-11(13)6-14-18-17-15(21-9-22-18)7-12(20)8-16(17)23-19(10)14/h2-9H,1H3. The number of aryl methyl sites for hydroxylation is 1. The Balaban J connectivity index is 1.97. The minimum atomic E-state index is 0.610. The molecule has 0 aliphatic carbocycles. The summed E-state index contributed by atoms with van der Waals surface area (Å²) in [4.78, 5) is 8.85. The summed E-state index contributed by atoms with van der Waals surface area (Å²) in [6, 6.07) is 14.1. The van der Waals surface area contributed by atoms with Crippen LogP contribution in [0.3, 0.4) is 0 Å². The average molecular weight is 319 g/mol. The van der Waals surface area contributed by atoms with Crippen LogP contribution in [0, 0.1) is 6.92 Å². The lowest BCUT2D eigenvalue weighted by Crippen LogP contribution is -2.02. The zero-order valence-electron chi connectivity index (χ0n) is 12.3. The highest BCUT2D eigenvalue weighted by Gasteiger charge is 2.24. The molecule has 0 N–H and O–H groups in total. The summed E-state index contributed by atoms with van der Waals surface area (Å²) in [6.07, 6.45) is 1.58. The maximum Gasteiger partial charge on any atom is 0.140 e.